The predicted molar refractivity (Wildman–Crippen MR) is 133 cm³/mol. The van der Waals surface area contributed by atoms with Gasteiger partial charge in [-0.3, -0.25) is 4.98 Å². The van der Waals surface area contributed by atoms with Crippen LogP contribution < -0.4 is 11.1 Å². The Hall–Kier alpha value is -1.92. The van der Waals surface area contributed by atoms with Crippen molar-refractivity contribution in [2.75, 3.05) is 5.32 Å². The molecule has 0 unspecified atom stereocenters. The predicted octanol–water partition coefficient (Wildman–Crippen LogP) is 5.45. The quantitative estimate of drug-likeness (QED) is 0.532. The van der Waals surface area contributed by atoms with Crippen LogP contribution in [0.1, 0.15) is 42.6 Å². The zero-order chi connectivity index (χ0) is 18.6. The molecule has 2 aromatic heterocycles. The molecule has 3 N–H and O–H groups in total. The monoisotopic (exact) mass is 467 g/mol. The van der Waals surface area contributed by atoms with Gasteiger partial charge in [-0.1, -0.05) is 17.7 Å². The number of benzene rings is 1. The fourth-order valence-corrected chi connectivity index (χ4v) is 3.55. The number of nitrogens with zero attached hydrogens (tertiary/aromatic N) is 3. The van der Waals surface area contributed by atoms with Crippen LogP contribution in [-0.2, 0) is 0 Å². The third kappa shape index (κ3) is 6.54. The second-order valence-electron chi connectivity index (χ2n) is 7.32. The Balaban J connectivity index is 0.00000150. The van der Waals surface area contributed by atoms with Crippen LogP contribution in [0.4, 0.5) is 5.82 Å². The van der Waals surface area contributed by atoms with Crippen LogP contribution in [0.25, 0.3) is 23.1 Å². The van der Waals surface area contributed by atoms with Crippen molar-refractivity contribution >= 4 is 66.1 Å². The summed E-state index contributed by atoms with van der Waals surface area (Å²) in [4.78, 5) is 13.6. The fraction of sp³-hybridized carbons (Fsp3) is 0.318. The molecule has 162 valence electrons. The average molecular weight is 469 g/mol. The van der Waals surface area contributed by atoms with Crippen LogP contribution in [0.2, 0.25) is 0 Å². The van der Waals surface area contributed by atoms with Gasteiger partial charge in [-0.2, -0.15) is 0 Å². The Bertz CT molecular complexity index is 958. The number of aromatic nitrogens is 3. The number of pyridine rings is 1. The van der Waals surface area contributed by atoms with E-state index in [0.717, 1.165) is 48.0 Å². The molecule has 0 spiro atoms. The lowest BCUT2D eigenvalue weighted by atomic mass is 9.92. The first-order chi connectivity index (χ1) is 13.2. The summed E-state index contributed by atoms with van der Waals surface area (Å²) >= 11 is 0. The van der Waals surface area contributed by atoms with E-state index in [1.54, 1.807) is 12.4 Å². The van der Waals surface area contributed by atoms with Crippen LogP contribution in [0, 0.1) is 6.92 Å². The van der Waals surface area contributed by atoms with Gasteiger partial charge in [-0.05, 0) is 68.5 Å². The van der Waals surface area contributed by atoms with Gasteiger partial charge in [-0.15, -0.1) is 37.2 Å². The molecule has 1 aliphatic rings. The van der Waals surface area contributed by atoms with Crippen LogP contribution in [0.15, 0.2) is 42.7 Å². The minimum absolute atomic E-state index is 0. The molecule has 0 radical (unpaired) electrons. The normalized spacial score (nSPS) is 18.2. The molecule has 1 aromatic carbocycles. The first kappa shape index (κ1) is 26.1. The van der Waals surface area contributed by atoms with Gasteiger partial charge in [0.2, 0.25) is 0 Å². The van der Waals surface area contributed by atoms with Gasteiger partial charge in [0.05, 0.1) is 5.52 Å². The molecule has 0 atom stereocenters. The van der Waals surface area contributed by atoms with Crippen LogP contribution in [0.5, 0.6) is 0 Å². The van der Waals surface area contributed by atoms with E-state index in [0.29, 0.717) is 17.9 Å². The lowest BCUT2D eigenvalue weighted by Gasteiger charge is -2.27. The van der Waals surface area contributed by atoms with Gasteiger partial charge in [0.15, 0.2) is 5.82 Å². The maximum Gasteiger partial charge on any atom is 0.154 e. The van der Waals surface area contributed by atoms with Crippen molar-refractivity contribution in [3.05, 3.63) is 59.7 Å². The summed E-state index contributed by atoms with van der Waals surface area (Å²) in [5, 5.41) is 4.73. The minimum Gasteiger partial charge on any atom is -0.367 e. The number of nitrogens with one attached hydrogen (secondary N) is 1. The Morgan fingerprint density at radius 3 is 2.33 bits per heavy atom. The molecule has 1 aliphatic carbocycles. The topological polar surface area (TPSA) is 76.7 Å². The molecular formula is C22H28Cl3N5. The third-order valence-electron chi connectivity index (χ3n) is 5.11. The van der Waals surface area contributed by atoms with E-state index >= 15 is 0 Å². The maximum atomic E-state index is 6.05. The van der Waals surface area contributed by atoms with Crippen molar-refractivity contribution in [3.63, 3.8) is 0 Å². The number of nitrogens with two attached hydrogens (primary N) is 1. The first-order valence-electron chi connectivity index (χ1n) is 9.56. The highest BCUT2D eigenvalue weighted by atomic mass is 35.5. The zero-order valence-electron chi connectivity index (χ0n) is 16.8. The Kier molecular flexibility index (Phi) is 10.5. The zero-order valence-corrected chi connectivity index (χ0v) is 19.3. The molecule has 5 nitrogen and oxygen atoms in total. The Morgan fingerprint density at radius 2 is 1.63 bits per heavy atom. The van der Waals surface area contributed by atoms with E-state index in [2.05, 4.69) is 35.4 Å². The molecular weight excluding hydrogens is 441 g/mol. The molecule has 1 fully saturated rings. The minimum atomic E-state index is 0. The molecule has 0 aliphatic heterocycles. The second kappa shape index (κ2) is 12.1. The van der Waals surface area contributed by atoms with Crippen molar-refractivity contribution in [2.45, 2.75) is 44.7 Å². The van der Waals surface area contributed by atoms with E-state index in [4.69, 9.17) is 15.7 Å². The maximum absolute atomic E-state index is 6.05. The fourth-order valence-electron chi connectivity index (χ4n) is 3.55. The van der Waals surface area contributed by atoms with E-state index in [1.165, 1.54) is 5.56 Å². The number of halogens is 3. The Morgan fingerprint density at radius 1 is 0.933 bits per heavy atom. The number of fused-ring (bicyclic) bond motifs is 1. The number of hydrogen-bond acceptors (Lipinski definition) is 5. The number of hydrogen-bond donors (Lipinski definition) is 2. The molecule has 30 heavy (non-hydrogen) atoms. The van der Waals surface area contributed by atoms with Crippen LogP contribution in [-0.4, -0.2) is 27.0 Å². The molecule has 4 rings (SSSR count). The van der Waals surface area contributed by atoms with Gasteiger partial charge >= 0.3 is 0 Å². The summed E-state index contributed by atoms with van der Waals surface area (Å²) in [6.45, 7) is 2.10. The molecule has 0 saturated heterocycles. The molecule has 3 aromatic rings. The van der Waals surface area contributed by atoms with Crippen molar-refractivity contribution in [2.24, 2.45) is 5.73 Å². The van der Waals surface area contributed by atoms with Crippen molar-refractivity contribution in [3.8, 4) is 0 Å². The third-order valence-corrected chi connectivity index (χ3v) is 5.11. The van der Waals surface area contributed by atoms with Crippen molar-refractivity contribution < 1.29 is 0 Å². The van der Waals surface area contributed by atoms with Crippen molar-refractivity contribution in [1.82, 2.24) is 15.0 Å². The van der Waals surface area contributed by atoms with Crippen LogP contribution in [0.3, 0.4) is 0 Å². The number of aryl methyl sites for hydroxylation is 1. The molecule has 2 heterocycles. The highest BCUT2D eigenvalue weighted by Gasteiger charge is 2.19. The highest BCUT2D eigenvalue weighted by molar-refractivity contribution is 5.90. The summed E-state index contributed by atoms with van der Waals surface area (Å²) in [6.07, 6.45) is 11.8. The summed E-state index contributed by atoms with van der Waals surface area (Å²) in [6, 6.07) is 11.0. The molecule has 0 amide bonds. The summed E-state index contributed by atoms with van der Waals surface area (Å²) in [5.74, 6) is 1.62. The van der Waals surface area contributed by atoms with Gasteiger partial charge in [0.1, 0.15) is 5.82 Å². The molecule has 1 saturated carbocycles. The van der Waals surface area contributed by atoms with E-state index in [1.807, 2.05) is 24.3 Å². The lowest BCUT2D eigenvalue weighted by molar-refractivity contribution is 0.410. The van der Waals surface area contributed by atoms with Gasteiger partial charge in [0.25, 0.3) is 0 Å². The van der Waals surface area contributed by atoms with E-state index in [9.17, 15) is 0 Å². The van der Waals surface area contributed by atoms with Crippen LogP contribution >= 0.6 is 37.2 Å². The van der Waals surface area contributed by atoms with Gasteiger partial charge in [-0.25, -0.2) is 9.97 Å². The lowest BCUT2D eigenvalue weighted by Crippen LogP contribution is -2.33. The smallest absolute Gasteiger partial charge is 0.154 e. The summed E-state index contributed by atoms with van der Waals surface area (Å²) in [7, 11) is 0. The standard InChI is InChI=1S/C22H25N5.3ClH/c1-15-2-8-20-19(14-15)22(25-18-6-4-17(23)5-7-18)27-21(26-20)9-3-16-10-12-24-13-11-16;;;/h2-3,8-14,17-18H,4-7,23H2,1H3,(H,25,26,27);3*1H/b9-3+;;;. The first-order valence-corrected chi connectivity index (χ1v) is 9.56. The second-order valence-corrected chi connectivity index (χ2v) is 7.32. The highest BCUT2D eigenvalue weighted by Crippen LogP contribution is 2.26. The van der Waals surface area contributed by atoms with E-state index < -0.39 is 0 Å². The van der Waals surface area contributed by atoms with Crippen molar-refractivity contribution in [1.29, 1.82) is 0 Å². The number of rotatable bonds is 4. The number of anilines is 1. The summed E-state index contributed by atoms with van der Waals surface area (Å²) < 4.78 is 0. The molecule has 8 heteroatoms. The van der Waals surface area contributed by atoms with E-state index in [-0.39, 0.29) is 37.2 Å². The molecule has 0 bridgehead atoms. The Labute approximate surface area is 196 Å². The van der Waals surface area contributed by atoms with Gasteiger partial charge < -0.3 is 11.1 Å². The SMILES string of the molecule is Cc1ccc2nc(/C=C/c3ccncc3)nc(NC3CCC(N)CC3)c2c1.Cl.Cl.Cl. The largest absolute Gasteiger partial charge is 0.367 e. The van der Waals surface area contributed by atoms with Gasteiger partial charge in [0, 0.05) is 29.9 Å². The average Bonchev–Trinajstić information content (AvgIpc) is 2.69. The summed E-state index contributed by atoms with van der Waals surface area (Å²) in [5.41, 5.74) is 9.30.